The highest BCUT2D eigenvalue weighted by Gasteiger charge is 2.16. The first-order valence-corrected chi connectivity index (χ1v) is 7.50. The molecule has 0 atom stereocenters. The summed E-state index contributed by atoms with van der Waals surface area (Å²) in [4.78, 5) is 23.1. The lowest BCUT2D eigenvalue weighted by Crippen LogP contribution is -2.02. The smallest absolute Gasteiger partial charge is 0.270 e. The fraction of sp³-hybridized carbons (Fsp3) is 0. The Morgan fingerprint density at radius 1 is 0.840 bits per heavy atom. The number of ketones is 1. The fourth-order valence-corrected chi connectivity index (χ4v) is 2.28. The number of carbonyl (C=O) groups excluding carboxylic acids is 1. The minimum absolute atomic E-state index is 0.130. The van der Waals surface area contributed by atoms with Crippen molar-refractivity contribution in [1.82, 2.24) is 0 Å². The fourth-order valence-electron chi connectivity index (χ4n) is 2.28. The Labute approximate surface area is 143 Å². The molecule has 0 N–H and O–H groups in total. The summed E-state index contributed by atoms with van der Waals surface area (Å²) in [6.07, 6.45) is 0. The zero-order valence-electron chi connectivity index (χ0n) is 13.1. The van der Waals surface area contributed by atoms with E-state index in [4.69, 9.17) is 0 Å². The molecule has 0 aliphatic carbocycles. The van der Waals surface area contributed by atoms with Crippen molar-refractivity contribution in [3.63, 3.8) is 0 Å². The number of rotatable bonds is 5. The van der Waals surface area contributed by atoms with Crippen LogP contribution in [0.4, 0.5) is 17.1 Å². The summed E-state index contributed by atoms with van der Waals surface area (Å²) in [6.45, 7) is 0. The lowest BCUT2D eigenvalue weighted by atomic mass is 10.0. The van der Waals surface area contributed by atoms with Crippen LogP contribution in [0.2, 0.25) is 0 Å². The lowest BCUT2D eigenvalue weighted by molar-refractivity contribution is -0.384. The summed E-state index contributed by atoms with van der Waals surface area (Å²) >= 11 is 0. The maximum absolute atomic E-state index is 12.7. The van der Waals surface area contributed by atoms with Crippen molar-refractivity contribution in [2.24, 2.45) is 10.2 Å². The average molecular weight is 331 g/mol. The molecule has 0 aliphatic heterocycles. The molecule has 3 aromatic carbocycles. The molecule has 0 spiro atoms. The first kappa shape index (κ1) is 16.2. The highest BCUT2D eigenvalue weighted by atomic mass is 16.6. The molecule has 0 aliphatic rings. The number of azo groups is 1. The molecule has 0 unspecified atom stereocenters. The first-order chi connectivity index (χ1) is 12.1. The molecular formula is C19H13N3O3. The largest absolute Gasteiger partial charge is 0.289 e. The van der Waals surface area contributed by atoms with Gasteiger partial charge in [-0.25, -0.2) is 0 Å². The lowest BCUT2D eigenvalue weighted by Gasteiger charge is -2.04. The van der Waals surface area contributed by atoms with E-state index in [1.807, 2.05) is 18.2 Å². The summed E-state index contributed by atoms with van der Waals surface area (Å²) in [5.41, 5.74) is 1.51. The van der Waals surface area contributed by atoms with Crippen LogP contribution >= 0.6 is 0 Å². The molecule has 0 heterocycles. The van der Waals surface area contributed by atoms with Crippen molar-refractivity contribution in [2.45, 2.75) is 0 Å². The Hall–Kier alpha value is -3.67. The van der Waals surface area contributed by atoms with Gasteiger partial charge in [0.15, 0.2) is 5.78 Å². The third-order valence-electron chi connectivity index (χ3n) is 3.50. The zero-order chi connectivity index (χ0) is 17.6. The molecule has 0 saturated carbocycles. The Kier molecular flexibility index (Phi) is 4.71. The van der Waals surface area contributed by atoms with Crippen molar-refractivity contribution in [3.05, 3.63) is 100 Å². The third kappa shape index (κ3) is 3.81. The van der Waals surface area contributed by atoms with Crippen molar-refractivity contribution in [2.75, 3.05) is 0 Å². The molecule has 0 bridgehead atoms. The highest BCUT2D eigenvalue weighted by molar-refractivity contribution is 6.12. The maximum atomic E-state index is 12.7. The standard InChI is InChI=1S/C19H13N3O3/c23-19(14-7-6-10-16(13-14)22(24)25)17-11-4-5-12-18(17)21-20-15-8-2-1-3-9-15/h1-13H. The van der Waals surface area contributed by atoms with Gasteiger partial charge in [0.2, 0.25) is 0 Å². The minimum atomic E-state index is -0.530. The Morgan fingerprint density at radius 3 is 2.32 bits per heavy atom. The van der Waals surface area contributed by atoms with Crippen LogP contribution in [-0.4, -0.2) is 10.7 Å². The average Bonchev–Trinajstić information content (AvgIpc) is 2.67. The molecule has 6 heteroatoms. The molecule has 6 nitrogen and oxygen atoms in total. The topological polar surface area (TPSA) is 84.9 Å². The number of non-ortho nitro benzene ring substituents is 1. The second-order valence-corrected chi connectivity index (χ2v) is 5.19. The normalized spacial score (nSPS) is 10.7. The van der Waals surface area contributed by atoms with Crippen molar-refractivity contribution >= 4 is 22.8 Å². The van der Waals surface area contributed by atoms with E-state index < -0.39 is 4.92 Å². The summed E-state index contributed by atoms with van der Waals surface area (Å²) in [5.74, 6) is -0.341. The van der Waals surface area contributed by atoms with Crippen LogP contribution in [0.3, 0.4) is 0 Å². The van der Waals surface area contributed by atoms with Gasteiger partial charge in [0.05, 0.1) is 21.9 Å². The zero-order valence-corrected chi connectivity index (χ0v) is 13.1. The van der Waals surface area contributed by atoms with E-state index in [2.05, 4.69) is 10.2 Å². The predicted molar refractivity (Wildman–Crippen MR) is 93.6 cm³/mol. The van der Waals surface area contributed by atoms with Crippen molar-refractivity contribution in [1.29, 1.82) is 0 Å². The van der Waals surface area contributed by atoms with Gasteiger partial charge in [0, 0.05) is 17.7 Å². The molecule has 0 amide bonds. The molecule has 0 aromatic heterocycles. The molecule has 0 saturated heterocycles. The number of nitro benzene ring substituents is 1. The van der Waals surface area contributed by atoms with E-state index in [0.717, 1.165) is 0 Å². The number of hydrogen-bond donors (Lipinski definition) is 0. The van der Waals surface area contributed by atoms with Gasteiger partial charge >= 0.3 is 0 Å². The summed E-state index contributed by atoms with van der Waals surface area (Å²) < 4.78 is 0. The quantitative estimate of drug-likeness (QED) is 0.277. The third-order valence-corrected chi connectivity index (χ3v) is 3.50. The van der Waals surface area contributed by atoms with Gasteiger partial charge < -0.3 is 0 Å². The number of nitrogens with zero attached hydrogens (tertiary/aromatic N) is 3. The summed E-state index contributed by atoms with van der Waals surface area (Å²) in [5, 5.41) is 19.2. The Balaban J connectivity index is 1.95. The highest BCUT2D eigenvalue weighted by Crippen LogP contribution is 2.25. The molecule has 122 valence electrons. The first-order valence-electron chi connectivity index (χ1n) is 7.50. The number of nitro groups is 1. The summed E-state index contributed by atoms with van der Waals surface area (Å²) in [6, 6.07) is 21.6. The van der Waals surface area contributed by atoms with Gasteiger partial charge in [-0.2, -0.15) is 5.11 Å². The number of carbonyl (C=O) groups is 1. The Bertz CT molecular complexity index is 953. The van der Waals surface area contributed by atoms with Gasteiger partial charge in [-0.15, -0.1) is 5.11 Å². The van der Waals surface area contributed by atoms with Gasteiger partial charge in [0.25, 0.3) is 5.69 Å². The van der Waals surface area contributed by atoms with E-state index in [1.54, 1.807) is 42.5 Å². The minimum Gasteiger partial charge on any atom is -0.289 e. The Morgan fingerprint density at radius 2 is 1.56 bits per heavy atom. The molecule has 25 heavy (non-hydrogen) atoms. The SMILES string of the molecule is O=C(c1cccc([N+](=O)[O-])c1)c1ccccc1N=Nc1ccccc1. The van der Waals surface area contributed by atoms with Gasteiger partial charge in [0.1, 0.15) is 0 Å². The van der Waals surface area contributed by atoms with Crippen LogP contribution in [-0.2, 0) is 0 Å². The second-order valence-electron chi connectivity index (χ2n) is 5.19. The van der Waals surface area contributed by atoms with Crippen LogP contribution in [0, 0.1) is 10.1 Å². The van der Waals surface area contributed by atoms with Gasteiger partial charge in [-0.1, -0.05) is 42.5 Å². The van der Waals surface area contributed by atoms with Crippen LogP contribution < -0.4 is 0 Å². The second kappa shape index (κ2) is 7.27. The van der Waals surface area contributed by atoms with E-state index in [-0.39, 0.29) is 17.0 Å². The van der Waals surface area contributed by atoms with Crippen LogP contribution in [0.5, 0.6) is 0 Å². The van der Waals surface area contributed by atoms with Crippen LogP contribution in [0.25, 0.3) is 0 Å². The molecule has 3 rings (SSSR count). The van der Waals surface area contributed by atoms with Gasteiger partial charge in [-0.3, -0.25) is 14.9 Å². The predicted octanol–water partition coefficient (Wildman–Crippen LogP) is 5.24. The molecule has 0 radical (unpaired) electrons. The van der Waals surface area contributed by atoms with Gasteiger partial charge in [-0.05, 0) is 24.3 Å². The van der Waals surface area contributed by atoms with E-state index in [0.29, 0.717) is 16.9 Å². The molecular weight excluding hydrogens is 318 g/mol. The van der Waals surface area contributed by atoms with E-state index >= 15 is 0 Å². The molecule has 0 fully saturated rings. The van der Waals surface area contributed by atoms with Crippen molar-refractivity contribution < 1.29 is 9.72 Å². The monoisotopic (exact) mass is 331 g/mol. The molecule has 3 aromatic rings. The van der Waals surface area contributed by atoms with Crippen molar-refractivity contribution in [3.8, 4) is 0 Å². The van der Waals surface area contributed by atoms with E-state index in [9.17, 15) is 14.9 Å². The van der Waals surface area contributed by atoms with Crippen LogP contribution in [0.1, 0.15) is 15.9 Å². The van der Waals surface area contributed by atoms with Crippen LogP contribution in [0.15, 0.2) is 89.1 Å². The number of benzene rings is 3. The maximum Gasteiger partial charge on any atom is 0.270 e. The number of hydrogen-bond acceptors (Lipinski definition) is 5. The van der Waals surface area contributed by atoms with E-state index in [1.165, 1.54) is 18.2 Å². The summed E-state index contributed by atoms with van der Waals surface area (Å²) in [7, 11) is 0.